The van der Waals surface area contributed by atoms with Crippen LogP contribution in [0.2, 0.25) is 0 Å². The molecule has 1 aromatic carbocycles. The summed E-state index contributed by atoms with van der Waals surface area (Å²) in [7, 11) is 0. The minimum Gasteiger partial charge on any atom is -0.492 e. The van der Waals surface area contributed by atoms with Crippen LogP contribution in [0.1, 0.15) is 18.2 Å². The van der Waals surface area contributed by atoms with E-state index in [1.807, 2.05) is 36.4 Å². The summed E-state index contributed by atoms with van der Waals surface area (Å²) in [5.74, 6) is 1.71. The van der Waals surface area contributed by atoms with Crippen molar-refractivity contribution in [2.24, 2.45) is 5.73 Å². The van der Waals surface area contributed by atoms with Crippen LogP contribution in [0.5, 0.6) is 5.75 Å². The van der Waals surface area contributed by atoms with Gasteiger partial charge in [-0.05, 0) is 30.0 Å². The number of thioether (sulfide) groups is 1. The highest BCUT2D eigenvalue weighted by Gasteiger charge is 2.12. The second-order valence-electron chi connectivity index (χ2n) is 4.35. The van der Waals surface area contributed by atoms with Crippen molar-refractivity contribution in [3.8, 4) is 5.75 Å². The molecule has 0 bridgehead atoms. The van der Waals surface area contributed by atoms with E-state index in [1.54, 1.807) is 18.0 Å². The molecule has 1 heterocycles. The molecule has 1 aromatic heterocycles. The smallest absolute Gasteiger partial charge is 0.130 e. The van der Waals surface area contributed by atoms with Gasteiger partial charge >= 0.3 is 0 Å². The van der Waals surface area contributed by atoms with Gasteiger partial charge in [-0.2, -0.15) is 0 Å². The topological polar surface area (TPSA) is 48.1 Å². The van der Waals surface area contributed by atoms with E-state index in [9.17, 15) is 0 Å². The molecule has 0 saturated heterocycles. The minimum atomic E-state index is 0.374. The van der Waals surface area contributed by atoms with Crippen LogP contribution in [0.3, 0.4) is 0 Å². The highest BCUT2D eigenvalue weighted by molar-refractivity contribution is 7.99. The molecule has 0 unspecified atom stereocenters. The second-order valence-corrected chi connectivity index (χ2v) is 6.09. The summed E-state index contributed by atoms with van der Waals surface area (Å²) in [6.45, 7) is 2.65. The van der Waals surface area contributed by atoms with E-state index in [1.165, 1.54) is 0 Å². The number of hydrogen-bond acceptors (Lipinski definition) is 4. The van der Waals surface area contributed by atoms with Crippen LogP contribution in [0.15, 0.2) is 47.5 Å². The molecular weight excluding hydrogens is 300 g/mol. The SMILES string of the molecule is CCSc1cccc(OCCc2ccccn2)c1C(N)=S. The first-order valence-electron chi connectivity index (χ1n) is 6.80. The minimum absolute atomic E-state index is 0.374. The van der Waals surface area contributed by atoms with Gasteiger partial charge in [0.1, 0.15) is 10.7 Å². The van der Waals surface area contributed by atoms with Gasteiger partial charge in [0, 0.05) is 23.2 Å². The van der Waals surface area contributed by atoms with Crippen molar-refractivity contribution in [2.75, 3.05) is 12.4 Å². The Bertz CT molecular complexity index is 602. The quantitative estimate of drug-likeness (QED) is 0.626. The second kappa shape index (κ2) is 8.00. The molecule has 0 aliphatic heterocycles. The van der Waals surface area contributed by atoms with Crippen LogP contribution < -0.4 is 10.5 Å². The molecule has 0 saturated carbocycles. The summed E-state index contributed by atoms with van der Waals surface area (Å²) < 4.78 is 5.87. The highest BCUT2D eigenvalue weighted by atomic mass is 32.2. The normalized spacial score (nSPS) is 10.3. The molecule has 0 aliphatic carbocycles. The van der Waals surface area contributed by atoms with Crippen molar-refractivity contribution < 1.29 is 4.74 Å². The van der Waals surface area contributed by atoms with Crippen molar-refractivity contribution in [3.05, 3.63) is 53.9 Å². The molecule has 0 atom stereocenters. The fourth-order valence-electron chi connectivity index (χ4n) is 1.96. The predicted molar refractivity (Wildman–Crippen MR) is 92.2 cm³/mol. The number of nitrogens with two attached hydrogens (primary N) is 1. The van der Waals surface area contributed by atoms with Gasteiger partial charge in [0.25, 0.3) is 0 Å². The lowest BCUT2D eigenvalue weighted by Crippen LogP contribution is -2.14. The van der Waals surface area contributed by atoms with Crippen molar-refractivity contribution in [1.29, 1.82) is 0 Å². The van der Waals surface area contributed by atoms with E-state index in [0.717, 1.165) is 34.1 Å². The van der Waals surface area contributed by atoms with E-state index in [0.29, 0.717) is 11.6 Å². The van der Waals surface area contributed by atoms with Crippen molar-refractivity contribution in [3.63, 3.8) is 0 Å². The third-order valence-corrected chi connectivity index (χ3v) is 4.02. The van der Waals surface area contributed by atoms with Crippen molar-refractivity contribution in [2.45, 2.75) is 18.2 Å². The Morgan fingerprint density at radius 3 is 2.81 bits per heavy atom. The zero-order valence-electron chi connectivity index (χ0n) is 11.9. The van der Waals surface area contributed by atoms with Gasteiger partial charge in [-0.15, -0.1) is 11.8 Å². The third kappa shape index (κ3) is 4.44. The van der Waals surface area contributed by atoms with Crippen LogP contribution in [0.25, 0.3) is 0 Å². The summed E-state index contributed by atoms with van der Waals surface area (Å²) in [6, 6.07) is 11.8. The third-order valence-electron chi connectivity index (χ3n) is 2.88. The Morgan fingerprint density at radius 1 is 1.29 bits per heavy atom. The molecule has 2 N–H and O–H groups in total. The number of ether oxygens (including phenoxy) is 1. The Labute approximate surface area is 134 Å². The number of rotatable bonds is 7. The van der Waals surface area contributed by atoms with E-state index in [2.05, 4.69) is 11.9 Å². The standard InChI is InChI=1S/C16H18N2OS2/c1-2-21-14-8-5-7-13(15(14)16(17)20)19-11-9-12-6-3-4-10-18-12/h3-8,10H,2,9,11H2,1H3,(H2,17,20). The first-order valence-corrected chi connectivity index (χ1v) is 8.20. The summed E-state index contributed by atoms with van der Waals surface area (Å²) in [5.41, 5.74) is 7.70. The van der Waals surface area contributed by atoms with Gasteiger partial charge in [-0.25, -0.2) is 0 Å². The molecule has 0 amide bonds. The molecule has 21 heavy (non-hydrogen) atoms. The number of pyridine rings is 1. The maximum atomic E-state index is 5.87. The van der Waals surface area contributed by atoms with Crippen LogP contribution in [-0.4, -0.2) is 22.3 Å². The number of hydrogen-bond donors (Lipinski definition) is 1. The van der Waals surface area contributed by atoms with Crippen LogP contribution in [0.4, 0.5) is 0 Å². The Kier molecular flexibility index (Phi) is 6.02. The van der Waals surface area contributed by atoms with Gasteiger partial charge in [0.2, 0.25) is 0 Å². The average Bonchev–Trinajstić information content (AvgIpc) is 2.48. The Hall–Kier alpha value is -1.59. The summed E-state index contributed by atoms with van der Waals surface area (Å²) in [5, 5.41) is 0. The molecular formula is C16H18N2OS2. The summed E-state index contributed by atoms with van der Waals surface area (Å²) in [6.07, 6.45) is 2.54. The van der Waals surface area contributed by atoms with Crippen molar-refractivity contribution in [1.82, 2.24) is 4.98 Å². The van der Waals surface area contributed by atoms with Gasteiger partial charge in [-0.3, -0.25) is 4.98 Å². The lowest BCUT2D eigenvalue weighted by atomic mass is 10.2. The van der Waals surface area contributed by atoms with Gasteiger partial charge < -0.3 is 10.5 Å². The highest BCUT2D eigenvalue weighted by Crippen LogP contribution is 2.30. The van der Waals surface area contributed by atoms with Crippen LogP contribution >= 0.6 is 24.0 Å². The molecule has 0 aliphatic rings. The fourth-order valence-corrected chi connectivity index (χ4v) is 3.08. The number of thiocarbonyl (C=S) groups is 1. The molecule has 2 rings (SSSR count). The van der Waals surface area contributed by atoms with E-state index >= 15 is 0 Å². The lowest BCUT2D eigenvalue weighted by Gasteiger charge is -2.14. The van der Waals surface area contributed by atoms with Gasteiger partial charge in [0.15, 0.2) is 0 Å². The summed E-state index contributed by atoms with van der Waals surface area (Å²) in [4.78, 5) is 5.72. The predicted octanol–water partition coefficient (Wildman–Crippen LogP) is 3.45. The average molecular weight is 318 g/mol. The molecule has 0 fully saturated rings. The number of aromatic nitrogens is 1. The zero-order chi connectivity index (χ0) is 15.1. The Morgan fingerprint density at radius 2 is 2.14 bits per heavy atom. The van der Waals surface area contributed by atoms with Gasteiger partial charge in [0.05, 0.1) is 12.2 Å². The maximum Gasteiger partial charge on any atom is 0.130 e. The maximum absolute atomic E-state index is 5.87. The lowest BCUT2D eigenvalue weighted by molar-refractivity contribution is 0.319. The van der Waals surface area contributed by atoms with Gasteiger partial charge in [-0.1, -0.05) is 31.3 Å². The molecule has 2 aromatic rings. The monoisotopic (exact) mass is 318 g/mol. The molecule has 110 valence electrons. The number of nitrogens with zero attached hydrogens (tertiary/aromatic N) is 1. The van der Waals surface area contributed by atoms with Crippen LogP contribution in [-0.2, 0) is 6.42 Å². The number of benzene rings is 1. The summed E-state index contributed by atoms with van der Waals surface area (Å²) >= 11 is 6.88. The Balaban J connectivity index is 2.08. The fraction of sp³-hybridized carbons (Fsp3) is 0.250. The first-order chi connectivity index (χ1) is 10.2. The molecule has 0 spiro atoms. The van der Waals surface area contributed by atoms with E-state index in [4.69, 9.17) is 22.7 Å². The molecule has 5 heteroatoms. The van der Waals surface area contributed by atoms with Crippen LogP contribution in [0, 0.1) is 0 Å². The van der Waals surface area contributed by atoms with E-state index < -0.39 is 0 Å². The zero-order valence-corrected chi connectivity index (χ0v) is 13.5. The largest absolute Gasteiger partial charge is 0.492 e. The molecule has 0 radical (unpaired) electrons. The molecule has 3 nitrogen and oxygen atoms in total. The van der Waals surface area contributed by atoms with E-state index in [-0.39, 0.29) is 0 Å². The van der Waals surface area contributed by atoms with Crippen molar-refractivity contribution >= 4 is 29.0 Å². The first kappa shape index (κ1) is 15.8.